The van der Waals surface area contributed by atoms with Crippen LogP contribution in [0.3, 0.4) is 0 Å². The van der Waals surface area contributed by atoms with Gasteiger partial charge in [-0.1, -0.05) is 13.8 Å². The van der Waals surface area contributed by atoms with Crippen LogP contribution in [0.2, 0.25) is 0 Å². The van der Waals surface area contributed by atoms with Crippen LogP contribution in [-0.4, -0.2) is 20.2 Å². The smallest absolute Gasteiger partial charge is 0.129 e. The number of nitrogens with one attached hydrogen (secondary N) is 1. The van der Waals surface area contributed by atoms with Gasteiger partial charge in [-0.05, 0) is 13.8 Å². The number of aromatic amines is 1. The van der Waals surface area contributed by atoms with E-state index in [9.17, 15) is 0 Å². The molecule has 0 saturated carbocycles. The second kappa shape index (κ2) is 3.98. The van der Waals surface area contributed by atoms with Crippen molar-refractivity contribution in [2.24, 2.45) is 0 Å². The van der Waals surface area contributed by atoms with E-state index in [4.69, 9.17) is 0 Å². The Morgan fingerprint density at radius 2 is 1.92 bits per heavy atom. The van der Waals surface area contributed by atoms with E-state index in [0.717, 1.165) is 22.6 Å². The molecule has 1 N–H and O–H groups in total. The minimum Gasteiger partial charge on any atom is -0.280 e. The van der Waals surface area contributed by atoms with Gasteiger partial charge in [0, 0.05) is 0 Å². The van der Waals surface area contributed by atoms with Gasteiger partial charge in [0.1, 0.15) is 16.9 Å². The molecular formula is C9H14N4. The molecule has 70 valence electrons. The van der Waals surface area contributed by atoms with Gasteiger partial charge in [-0.2, -0.15) is 5.10 Å². The Kier molecular flexibility index (Phi) is 2.95. The van der Waals surface area contributed by atoms with Gasteiger partial charge >= 0.3 is 0 Å². The van der Waals surface area contributed by atoms with Crippen molar-refractivity contribution in [2.75, 3.05) is 0 Å². The summed E-state index contributed by atoms with van der Waals surface area (Å²) < 4.78 is 0. The summed E-state index contributed by atoms with van der Waals surface area (Å²) in [5.74, 6) is 0.780. The molecule has 0 bridgehead atoms. The number of hydrogen-bond acceptors (Lipinski definition) is 3. The van der Waals surface area contributed by atoms with Gasteiger partial charge in [-0.25, -0.2) is 9.97 Å². The highest BCUT2D eigenvalue weighted by Gasteiger charge is 2.01. The van der Waals surface area contributed by atoms with Gasteiger partial charge in [-0.15, -0.1) is 0 Å². The van der Waals surface area contributed by atoms with Gasteiger partial charge in [0.25, 0.3) is 0 Å². The van der Waals surface area contributed by atoms with Crippen molar-refractivity contribution in [1.82, 2.24) is 20.2 Å². The van der Waals surface area contributed by atoms with Gasteiger partial charge in [0.2, 0.25) is 0 Å². The van der Waals surface area contributed by atoms with Crippen LogP contribution in [0.5, 0.6) is 0 Å². The van der Waals surface area contributed by atoms with E-state index in [2.05, 4.69) is 20.2 Å². The highest BCUT2D eigenvalue weighted by Crippen LogP contribution is 2.09. The first-order chi connectivity index (χ1) is 6.27. The van der Waals surface area contributed by atoms with Gasteiger partial charge < -0.3 is 0 Å². The average Bonchev–Trinajstić information content (AvgIpc) is 2.52. The zero-order valence-corrected chi connectivity index (χ0v) is 8.42. The fraction of sp³-hybridized carbons (Fsp3) is 0.444. The molecule has 4 nitrogen and oxygen atoms in total. The van der Waals surface area contributed by atoms with Crippen LogP contribution < -0.4 is 0 Å². The molecule has 0 amide bonds. The summed E-state index contributed by atoms with van der Waals surface area (Å²) in [6, 6.07) is 0. The maximum atomic E-state index is 4.23. The fourth-order valence-corrected chi connectivity index (χ4v) is 1.02. The van der Waals surface area contributed by atoms with Gasteiger partial charge in [0.05, 0.1) is 11.9 Å². The van der Waals surface area contributed by atoms with E-state index in [0.29, 0.717) is 0 Å². The predicted molar refractivity (Wildman–Crippen MR) is 52.5 cm³/mol. The molecule has 2 aromatic rings. The Bertz CT molecular complexity index is 391. The summed E-state index contributed by atoms with van der Waals surface area (Å²) in [5, 5.41) is 6.86. The highest BCUT2D eigenvalue weighted by molar-refractivity contribution is 5.75. The Hall–Kier alpha value is -1.45. The Morgan fingerprint density at radius 1 is 1.23 bits per heavy atom. The number of H-pyrrole nitrogens is 1. The van der Waals surface area contributed by atoms with Crippen LogP contribution in [0.4, 0.5) is 0 Å². The van der Waals surface area contributed by atoms with Crippen molar-refractivity contribution >= 4 is 11.0 Å². The van der Waals surface area contributed by atoms with E-state index >= 15 is 0 Å². The van der Waals surface area contributed by atoms with Crippen LogP contribution in [0, 0.1) is 13.8 Å². The molecule has 0 radical (unpaired) electrons. The summed E-state index contributed by atoms with van der Waals surface area (Å²) in [7, 11) is 0. The monoisotopic (exact) mass is 178 g/mol. The molecule has 0 spiro atoms. The number of hydrogen-bond donors (Lipinski definition) is 1. The maximum absolute atomic E-state index is 4.23. The highest BCUT2D eigenvalue weighted by atomic mass is 15.1. The van der Waals surface area contributed by atoms with Crippen LogP contribution in [0.15, 0.2) is 6.20 Å². The normalized spacial score (nSPS) is 9.54. The number of rotatable bonds is 0. The molecule has 2 rings (SSSR count). The fourth-order valence-electron chi connectivity index (χ4n) is 1.02. The number of aromatic nitrogens is 4. The second-order valence-corrected chi connectivity index (χ2v) is 2.50. The van der Waals surface area contributed by atoms with Crippen molar-refractivity contribution in [2.45, 2.75) is 27.7 Å². The van der Waals surface area contributed by atoms with Crippen LogP contribution in [0.1, 0.15) is 25.4 Å². The molecule has 0 aliphatic heterocycles. The van der Waals surface area contributed by atoms with Crippen molar-refractivity contribution < 1.29 is 0 Å². The number of fused-ring (bicyclic) bond motifs is 1. The van der Waals surface area contributed by atoms with Crippen molar-refractivity contribution in [3.63, 3.8) is 0 Å². The van der Waals surface area contributed by atoms with Crippen LogP contribution >= 0.6 is 0 Å². The summed E-state index contributed by atoms with van der Waals surface area (Å²) in [6.07, 6.45) is 1.72. The molecule has 4 heteroatoms. The zero-order valence-electron chi connectivity index (χ0n) is 8.42. The topological polar surface area (TPSA) is 54.5 Å². The summed E-state index contributed by atoms with van der Waals surface area (Å²) >= 11 is 0. The minimum atomic E-state index is 0.780. The molecule has 0 fully saturated rings. The van der Waals surface area contributed by atoms with E-state index in [1.807, 2.05) is 27.7 Å². The first-order valence-corrected chi connectivity index (χ1v) is 4.41. The van der Waals surface area contributed by atoms with Crippen molar-refractivity contribution in [3.05, 3.63) is 17.7 Å². The summed E-state index contributed by atoms with van der Waals surface area (Å²) in [4.78, 5) is 8.26. The first-order valence-electron chi connectivity index (χ1n) is 4.41. The molecular weight excluding hydrogens is 164 g/mol. The Labute approximate surface area is 77.4 Å². The Balaban J connectivity index is 0.000000396. The average molecular weight is 178 g/mol. The largest absolute Gasteiger partial charge is 0.280 e. The minimum absolute atomic E-state index is 0.780. The molecule has 13 heavy (non-hydrogen) atoms. The molecule has 2 heterocycles. The summed E-state index contributed by atoms with van der Waals surface area (Å²) in [6.45, 7) is 7.81. The standard InChI is InChI=1S/C7H8N4.C2H6/c1-4-7-6(11-10-4)3-8-5(2)9-7;1-2/h3H,1-2H3,(H,10,11);1-2H3. The van der Waals surface area contributed by atoms with Crippen molar-refractivity contribution in [3.8, 4) is 0 Å². The molecule has 0 aliphatic carbocycles. The van der Waals surface area contributed by atoms with Crippen LogP contribution in [0.25, 0.3) is 11.0 Å². The van der Waals surface area contributed by atoms with E-state index in [1.54, 1.807) is 6.20 Å². The third kappa shape index (κ3) is 1.83. The molecule has 0 saturated heterocycles. The predicted octanol–water partition coefficient (Wildman–Crippen LogP) is 2.00. The van der Waals surface area contributed by atoms with Crippen LogP contribution in [-0.2, 0) is 0 Å². The van der Waals surface area contributed by atoms with Crippen molar-refractivity contribution in [1.29, 1.82) is 0 Å². The maximum Gasteiger partial charge on any atom is 0.129 e. The SMILES string of the molecule is CC.Cc1ncc2n[nH]c(C)c2n1. The third-order valence-electron chi connectivity index (χ3n) is 1.59. The molecule has 0 unspecified atom stereocenters. The lowest BCUT2D eigenvalue weighted by Crippen LogP contribution is -1.86. The number of aryl methyl sites for hydroxylation is 2. The molecule has 0 aliphatic rings. The summed E-state index contributed by atoms with van der Waals surface area (Å²) in [5.41, 5.74) is 2.73. The number of nitrogens with zero attached hydrogens (tertiary/aromatic N) is 3. The lowest BCUT2D eigenvalue weighted by molar-refractivity contribution is 1.07. The lowest BCUT2D eigenvalue weighted by atomic mass is 10.4. The molecule has 0 aromatic carbocycles. The molecule has 0 atom stereocenters. The second-order valence-electron chi connectivity index (χ2n) is 2.50. The van der Waals surface area contributed by atoms with Gasteiger partial charge in [-0.3, -0.25) is 5.10 Å². The quantitative estimate of drug-likeness (QED) is 0.671. The van der Waals surface area contributed by atoms with E-state index in [1.165, 1.54) is 0 Å². The van der Waals surface area contributed by atoms with E-state index < -0.39 is 0 Å². The Morgan fingerprint density at radius 3 is 2.62 bits per heavy atom. The van der Waals surface area contributed by atoms with Gasteiger partial charge in [0.15, 0.2) is 0 Å². The van der Waals surface area contributed by atoms with E-state index in [-0.39, 0.29) is 0 Å². The zero-order chi connectivity index (χ0) is 9.84. The first kappa shape index (κ1) is 9.64. The third-order valence-corrected chi connectivity index (χ3v) is 1.59. The molecule has 2 aromatic heterocycles. The lowest BCUT2D eigenvalue weighted by Gasteiger charge is -1.89.